The van der Waals surface area contributed by atoms with Gasteiger partial charge in [-0.25, -0.2) is 0 Å². The summed E-state index contributed by atoms with van der Waals surface area (Å²) in [6.07, 6.45) is 0.549. The summed E-state index contributed by atoms with van der Waals surface area (Å²) < 4.78 is 17.3. The number of carbonyl (C=O) groups excluding carboxylic acids is 4. The van der Waals surface area contributed by atoms with Crippen molar-refractivity contribution in [2.75, 3.05) is 42.9 Å². The lowest BCUT2D eigenvalue weighted by Gasteiger charge is -2.34. The van der Waals surface area contributed by atoms with Crippen molar-refractivity contribution in [3.05, 3.63) is 113 Å². The first kappa shape index (κ1) is 40.4. The van der Waals surface area contributed by atoms with E-state index < -0.39 is 29.1 Å². The molecule has 0 unspecified atom stereocenters. The van der Waals surface area contributed by atoms with Gasteiger partial charge < -0.3 is 44.9 Å². The van der Waals surface area contributed by atoms with Crippen molar-refractivity contribution in [3.8, 4) is 11.5 Å². The number of methoxy groups -OCH3 is 2. The molecule has 0 radical (unpaired) electrons. The molecule has 58 heavy (non-hydrogen) atoms. The average molecular weight is 791 g/mol. The average Bonchev–Trinajstić information content (AvgIpc) is 3.88. The Hall–Kier alpha value is -5.76. The number of fused-ring (bicyclic) bond motifs is 2. The Morgan fingerprint density at radius 2 is 1.43 bits per heavy atom. The van der Waals surface area contributed by atoms with Gasteiger partial charge in [0, 0.05) is 46.4 Å². The quantitative estimate of drug-likeness (QED) is 0.140. The fourth-order valence-corrected chi connectivity index (χ4v) is 8.92. The van der Waals surface area contributed by atoms with Crippen molar-refractivity contribution in [2.24, 2.45) is 11.8 Å². The fourth-order valence-electron chi connectivity index (χ4n) is 8.92. The van der Waals surface area contributed by atoms with Gasteiger partial charge in [0.2, 0.25) is 5.91 Å². The Kier molecular flexibility index (Phi) is 11.3. The van der Waals surface area contributed by atoms with Gasteiger partial charge in [-0.15, -0.1) is 0 Å². The van der Waals surface area contributed by atoms with Crippen LogP contribution in [0.1, 0.15) is 71.9 Å². The number of aliphatic hydroxyl groups is 2. The summed E-state index contributed by atoms with van der Waals surface area (Å²) >= 11 is 0. The summed E-state index contributed by atoms with van der Waals surface area (Å²) in [7, 11) is 3.11. The lowest BCUT2D eigenvalue weighted by atomic mass is 9.70. The maximum absolute atomic E-state index is 15.1. The van der Waals surface area contributed by atoms with Gasteiger partial charge in [0.15, 0.2) is 5.60 Å². The number of aliphatic hydroxyl groups excluding tert-OH is 1. The van der Waals surface area contributed by atoms with Crippen LogP contribution in [0.4, 0.5) is 17.1 Å². The molecular weight excluding hydrogens is 741 g/mol. The molecule has 1 spiro atoms. The van der Waals surface area contributed by atoms with Crippen molar-refractivity contribution >= 4 is 40.7 Å². The molecule has 4 N–H and O–H groups in total. The molecule has 0 saturated carbocycles. The van der Waals surface area contributed by atoms with E-state index in [0.29, 0.717) is 58.2 Å². The highest BCUT2D eigenvalue weighted by atomic mass is 16.5. The molecule has 7 rings (SSSR count). The van der Waals surface area contributed by atoms with Crippen LogP contribution in [0.15, 0.2) is 91.0 Å². The van der Waals surface area contributed by atoms with Gasteiger partial charge >= 0.3 is 0 Å². The van der Waals surface area contributed by atoms with E-state index in [1.54, 1.807) is 117 Å². The van der Waals surface area contributed by atoms with Gasteiger partial charge in [-0.2, -0.15) is 0 Å². The number of hydrogen-bond acceptors (Lipinski definition) is 9. The molecular formula is C45H50N4O9. The first-order valence-electron chi connectivity index (χ1n) is 19.5. The first-order chi connectivity index (χ1) is 27.8. The maximum Gasteiger partial charge on any atom is 0.264 e. The molecule has 4 aromatic carbocycles. The highest BCUT2D eigenvalue weighted by Gasteiger charge is 2.66. The third kappa shape index (κ3) is 7.64. The topological polar surface area (TPSA) is 167 Å². The number of benzene rings is 4. The summed E-state index contributed by atoms with van der Waals surface area (Å²) in [6, 6.07) is 25.7. The van der Waals surface area contributed by atoms with Crippen molar-refractivity contribution in [3.63, 3.8) is 0 Å². The Bertz CT molecular complexity index is 2170. The third-order valence-electron chi connectivity index (χ3n) is 11.8. The molecule has 13 nitrogen and oxygen atoms in total. The van der Waals surface area contributed by atoms with E-state index >= 15 is 4.79 Å². The Morgan fingerprint density at radius 1 is 0.862 bits per heavy atom. The molecule has 0 bridgehead atoms. The monoisotopic (exact) mass is 790 g/mol. The molecule has 3 aliphatic heterocycles. The summed E-state index contributed by atoms with van der Waals surface area (Å²) in [5.74, 6) is -1.21. The number of amides is 4. The molecule has 304 valence electrons. The number of hydrogen-bond donors (Lipinski definition) is 4. The molecule has 3 aliphatic rings. The van der Waals surface area contributed by atoms with Gasteiger partial charge in [-0.3, -0.25) is 19.2 Å². The maximum atomic E-state index is 15.1. The number of ether oxygens (including phenoxy) is 3. The van der Waals surface area contributed by atoms with E-state index in [0.717, 1.165) is 12.0 Å². The first-order valence-corrected chi connectivity index (χ1v) is 19.5. The molecule has 0 aromatic heterocycles. The largest absolute Gasteiger partial charge is 0.497 e. The van der Waals surface area contributed by atoms with E-state index in [2.05, 4.69) is 10.6 Å². The minimum Gasteiger partial charge on any atom is -0.497 e. The van der Waals surface area contributed by atoms with E-state index in [1.165, 1.54) is 0 Å². The van der Waals surface area contributed by atoms with Crippen molar-refractivity contribution < 1.29 is 43.6 Å². The number of rotatable bonds is 12. The van der Waals surface area contributed by atoms with Crippen LogP contribution in [0.3, 0.4) is 0 Å². The molecule has 4 amide bonds. The zero-order valence-corrected chi connectivity index (χ0v) is 33.4. The molecule has 0 aliphatic carbocycles. The van der Waals surface area contributed by atoms with Crippen LogP contribution < -0.4 is 25.0 Å². The summed E-state index contributed by atoms with van der Waals surface area (Å²) in [6.45, 7) is 5.72. The Morgan fingerprint density at radius 3 is 1.98 bits per heavy atom. The zero-order chi connectivity index (χ0) is 41.4. The van der Waals surface area contributed by atoms with Crippen LogP contribution in [0, 0.1) is 11.8 Å². The summed E-state index contributed by atoms with van der Waals surface area (Å²) in [5, 5.41) is 27.5. The van der Waals surface area contributed by atoms with Gasteiger partial charge in [-0.05, 0) is 111 Å². The fraction of sp³-hybridized carbons (Fsp3) is 0.378. The van der Waals surface area contributed by atoms with E-state index in [-0.39, 0.29) is 49.2 Å². The van der Waals surface area contributed by atoms with Crippen molar-refractivity contribution in [1.82, 2.24) is 4.90 Å². The van der Waals surface area contributed by atoms with Crippen molar-refractivity contribution in [2.45, 2.75) is 69.9 Å². The number of carbonyl (C=O) groups is 4. The second kappa shape index (κ2) is 16.2. The molecule has 2 saturated heterocycles. The molecule has 2 fully saturated rings. The highest BCUT2D eigenvalue weighted by molar-refractivity contribution is 6.09. The SMILES string of the molecule is COc1ccc(C(=O)Nc2ccc(CN3C(=O)[C@@]4(O[C@@H](CC(=O)N5CCC[C@H]5CO)[C@H](C(C)(C)O)[C@H]4C)c4cc(NC(=O)c5ccc(OC)cc5)ccc43)cc2)cc1. The predicted molar refractivity (Wildman–Crippen MR) is 218 cm³/mol. The second-order valence-electron chi connectivity index (χ2n) is 15.8. The van der Waals surface area contributed by atoms with Crippen LogP contribution in [-0.2, 0) is 26.5 Å². The van der Waals surface area contributed by atoms with Gasteiger partial charge in [-0.1, -0.05) is 19.1 Å². The standard InChI is InChI=1S/C45H50N4O9/c1-27-40(44(2,3)55)38(24-39(51)48-22-6-7-33(48)26-50)58-45(27)36-23-32(47-42(53)30-12-19-35(57-5)20-13-30)16-21-37(36)49(43(45)54)25-28-8-14-31(15-9-28)46-41(52)29-10-17-34(56-4)18-11-29/h8-21,23,27,33,38,40,50,55H,6-7,22,24-26H2,1-5H3,(H,46,52)(H,47,53)/t27-,33+,38+,40-,45+/m1/s1. The highest BCUT2D eigenvalue weighted by Crippen LogP contribution is 2.58. The van der Waals surface area contributed by atoms with Gasteiger partial charge in [0.05, 0.1) is 57.2 Å². The molecule has 13 heteroatoms. The van der Waals surface area contributed by atoms with Crippen LogP contribution >= 0.6 is 0 Å². The molecule has 5 atom stereocenters. The Labute approximate surface area is 337 Å². The van der Waals surface area contributed by atoms with Gasteiger partial charge in [0.25, 0.3) is 17.7 Å². The molecule has 3 heterocycles. The number of anilines is 3. The normalized spacial score (nSPS) is 22.6. The van der Waals surface area contributed by atoms with Crippen molar-refractivity contribution in [1.29, 1.82) is 0 Å². The molecule has 4 aromatic rings. The summed E-state index contributed by atoms with van der Waals surface area (Å²) in [4.78, 5) is 58.6. The smallest absolute Gasteiger partial charge is 0.264 e. The number of likely N-dealkylation sites (tertiary alicyclic amines) is 1. The van der Waals surface area contributed by atoms with E-state index in [4.69, 9.17) is 14.2 Å². The van der Waals surface area contributed by atoms with E-state index in [9.17, 15) is 24.6 Å². The number of nitrogens with one attached hydrogen (secondary N) is 2. The Balaban J connectivity index is 1.20. The van der Waals surface area contributed by atoms with Gasteiger partial charge in [0.1, 0.15) is 11.5 Å². The predicted octanol–water partition coefficient (Wildman–Crippen LogP) is 5.75. The lowest BCUT2D eigenvalue weighted by molar-refractivity contribution is -0.150. The summed E-state index contributed by atoms with van der Waals surface area (Å²) in [5.41, 5.74) is 0.775. The lowest BCUT2D eigenvalue weighted by Crippen LogP contribution is -2.46. The van der Waals surface area contributed by atoms with Crippen LogP contribution in [0.2, 0.25) is 0 Å². The third-order valence-corrected chi connectivity index (χ3v) is 11.8. The zero-order valence-electron chi connectivity index (χ0n) is 33.4. The van der Waals surface area contributed by atoms with Crippen LogP contribution in [-0.4, -0.2) is 83.9 Å². The van der Waals surface area contributed by atoms with Crippen LogP contribution in [0.25, 0.3) is 0 Å². The number of nitrogens with zero attached hydrogens (tertiary/aromatic N) is 2. The minimum absolute atomic E-state index is 0.0858. The second-order valence-corrected chi connectivity index (χ2v) is 15.8. The van der Waals surface area contributed by atoms with E-state index in [1.807, 2.05) is 19.1 Å². The minimum atomic E-state index is -1.61. The van der Waals surface area contributed by atoms with Crippen LogP contribution in [0.5, 0.6) is 11.5 Å².